The van der Waals surface area contributed by atoms with Crippen molar-refractivity contribution in [2.45, 2.75) is 57.9 Å². The van der Waals surface area contributed by atoms with Crippen LogP contribution in [0.4, 0.5) is 0 Å². The van der Waals surface area contributed by atoms with E-state index >= 15 is 0 Å². The number of benzene rings is 1. The Bertz CT molecular complexity index is 369. The van der Waals surface area contributed by atoms with Gasteiger partial charge in [-0.25, -0.2) is 0 Å². The van der Waals surface area contributed by atoms with Crippen LogP contribution in [0.2, 0.25) is 0 Å². The topological polar surface area (TPSA) is 47.3 Å². The molecule has 0 bridgehead atoms. The lowest BCUT2D eigenvalue weighted by Gasteiger charge is -2.22. The number of hydrogen-bond donors (Lipinski definition) is 2. The highest BCUT2D eigenvalue weighted by molar-refractivity contribution is 5.29. The second kappa shape index (κ2) is 8.28. The van der Waals surface area contributed by atoms with Crippen LogP contribution in [0.15, 0.2) is 24.3 Å². The van der Waals surface area contributed by atoms with Gasteiger partial charge < -0.3 is 4.74 Å². The van der Waals surface area contributed by atoms with Crippen molar-refractivity contribution in [1.29, 1.82) is 0 Å². The highest BCUT2D eigenvalue weighted by atomic mass is 16.5. The van der Waals surface area contributed by atoms with Crippen molar-refractivity contribution in [3.05, 3.63) is 29.8 Å². The summed E-state index contributed by atoms with van der Waals surface area (Å²) < 4.78 is 5.49. The van der Waals surface area contributed by atoms with E-state index in [4.69, 9.17) is 10.6 Å². The summed E-state index contributed by atoms with van der Waals surface area (Å²) in [6, 6.07) is 8.60. The van der Waals surface area contributed by atoms with Crippen LogP contribution < -0.4 is 16.0 Å². The largest absolute Gasteiger partial charge is 0.494 e. The average molecular weight is 276 g/mol. The molecule has 0 amide bonds. The van der Waals surface area contributed by atoms with E-state index in [9.17, 15) is 0 Å². The Morgan fingerprint density at radius 1 is 1.15 bits per heavy atom. The Kier molecular flexibility index (Phi) is 6.34. The summed E-state index contributed by atoms with van der Waals surface area (Å²) in [6.45, 7) is 2.71. The Morgan fingerprint density at radius 3 is 2.35 bits per heavy atom. The molecule has 1 aromatic carbocycles. The van der Waals surface area contributed by atoms with E-state index in [1.807, 2.05) is 19.1 Å². The van der Waals surface area contributed by atoms with Crippen molar-refractivity contribution in [3.8, 4) is 5.75 Å². The zero-order valence-corrected chi connectivity index (χ0v) is 12.6. The molecule has 1 atom stereocenters. The fourth-order valence-corrected chi connectivity index (χ4v) is 3.20. The fourth-order valence-electron chi connectivity index (χ4n) is 3.20. The summed E-state index contributed by atoms with van der Waals surface area (Å²) >= 11 is 0. The average Bonchev–Trinajstić information content (AvgIpc) is 2.75. The highest BCUT2D eigenvalue weighted by Crippen LogP contribution is 2.31. The van der Waals surface area contributed by atoms with E-state index in [1.54, 1.807) is 0 Å². The van der Waals surface area contributed by atoms with Crippen molar-refractivity contribution < 1.29 is 4.74 Å². The molecular weight excluding hydrogens is 248 g/mol. The van der Waals surface area contributed by atoms with Crippen molar-refractivity contribution in [1.82, 2.24) is 5.43 Å². The molecule has 1 aliphatic carbocycles. The maximum Gasteiger partial charge on any atom is 0.119 e. The molecule has 3 N–H and O–H groups in total. The van der Waals surface area contributed by atoms with Gasteiger partial charge in [-0.05, 0) is 37.0 Å². The molecule has 0 saturated heterocycles. The predicted octanol–water partition coefficient (Wildman–Crippen LogP) is 3.95. The van der Waals surface area contributed by atoms with Gasteiger partial charge in [0.15, 0.2) is 0 Å². The first-order valence-corrected chi connectivity index (χ1v) is 8.02. The van der Waals surface area contributed by atoms with Gasteiger partial charge in [0.25, 0.3) is 0 Å². The molecule has 112 valence electrons. The molecular formula is C17H28N2O. The van der Waals surface area contributed by atoms with E-state index in [-0.39, 0.29) is 6.04 Å². The lowest BCUT2D eigenvalue weighted by molar-refractivity contribution is 0.339. The third-order valence-electron chi connectivity index (χ3n) is 4.34. The summed E-state index contributed by atoms with van der Waals surface area (Å²) in [4.78, 5) is 0. The van der Waals surface area contributed by atoms with Gasteiger partial charge in [-0.2, -0.15) is 0 Å². The van der Waals surface area contributed by atoms with Crippen molar-refractivity contribution in [3.63, 3.8) is 0 Å². The molecule has 3 heteroatoms. The predicted molar refractivity (Wildman–Crippen MR) is 83.5 cm³/mol. The molecule has 3 nitrogen and oxygen atoms in total. The Labute approximate surface area is 122 Å². The van der Waals surface area contributed by atoms with Crippen LogP contribution in [0.1, 0.15) is 63.5 Å². The number of rotatable bonds is 6. The van der Waals surface area contributed by atoms with Crippen LogP contribution in [0, 0.1) is 5.92 Å². The van der Waals surface area contributed by atoms with Crippen LogP contribution in [-0.2, 0) is 0 Å². The minimum atomic E-state index is 0.258. The third kappa shape index (κ3) is 4.50. The SMILES string of the molecule is CCOc1ccc(C(CC2CCCCCC2)NN)cc1. The Morgan fingerprint density at radius 2 is 1.80 bits per heavy atom. The van der Waals surface area contributed by atoms with Crippen molar-refractivity contribution in [2.24, 2.45) is 11.8 Å². The molecule has 0 aromatic heterocycles. The normalized spacial score (nSPS) is 18.5. The van der Waals surface area contributed by atoms with Gasteiger partial charge >= 0.3 is 0 Å². The zero-order valence-electron chi connectivity index (χ0n) is 12.6. The molecule has 0 spiro atoms. The monoisotopic (exact) mass is 276 g/mol. The summed E-state index contributed by atoms with van der Waals surface area (Å²) in [6.07, 6.45) is 9.42. The van der Waals surface area contributed by atoms with Gasteiger partial charge in [-0.15, -0.1) is 0 Å². The van der Waals surface area contributed by atoms with Gasteiger partial charge in [0, 0.05) is 6.04 Å². The summed E-state index contributed by atoms with van der Waals surface area (Å²) in [5, 5.41) is 0. The highest BCUT2D eigenvalue weighted by Gasteiger charge is 2.18. The first-order valence-electron chi connectivity index (χ1n) is 8.02. The number of hydrazine groups is 1. The lowest BCUT2D eigenvalue weighted by atomic mass is 9.90. The molecule has 0 heterocycles. The molecule has 0 aliphatic heterocycles. The quantitative estimate of drug-likeness (QED) is 0.470. The standard InChI is InChI=1S/C17H28N2O/c1-2-20-16-11-9-15(10-12-16)17(19-18)13-14-7-5-3-4-6-8-14/h9-12,14,17,19H,2-8,13,18H2,1H3. The van der Waals surface area contributed by atoms with E-state index in [2.05, 4.69) is 17.6 Å². The smallest absolute Gasteiger partial charge is 0.119 e. The van der Waals surface area contributed by atoms with Gasteiger partial charge in [0.2, 0.25) is 0 Å². The number of nitrogens with two attached hydrogens (primary N) is 1. The van der Waals surface area contributed by atoms with Crippen LogP contribution in [0.5, 0.6) is 5.75 Å². The number of hydrogen-bond acceptors (Lipinski definition) is 3. The maximum atomic E-state index is 5.78. The summed E-state index contributed by atoms with van der Waals surface area (Å²) in [5.74, 6) is 7.52. The first kappa shape index (κ1) is 15.3. The molecule has 1 aliphatic rings. The molecule has 20 heavy (non-hydrogen) atoms. The molecule has 1 unspecified atom stereocenters. The third-order valence-corrected chi connectivity index (χ3v) is 4.34. The van der Waals surface area contributed by atoms with Gasteiger partial charge in [0.05, 0.1) is 6.61 Å². The van der Waals surface area contributed by atoms with Crippen LogP contribution in [0.3, 0.4) is 0 Å². The van der Waals surface area contributed by atoms with Gasteiger partial charge in [-0.3, -0.25) is 11.3 Å². The molecule has 1 saturated carbocycles. The van der Waals surface area contributed by atoms with E-state index in [0.717, 1.165) is 18.1 Å². The number of nitrogens with one attached hydrogen (secondary N) is 1. The van der Waals surface area contributed by atoms with Crippen molar-refractivity contribution >= 4 is 0 Å². The molecule has 1 fully saturated rings. The van der Waals surface area contributed by atoms with Gasteiger partial charge in [-0.1, -0.05) is 50.7 Å². The summed E-state index contributed by atoms with van der Waals surface area (Å²) in [5.41, 5.74) is 4.26. The van der Waals surface area contributed by atoms with Crippen LogP contribution in [0.25, 0.3) is 0 Å². The van der Waals surface area contributed by atoms with Crippen LogP contribution >= 0.6 is 0 Å². The first-order chi connectivity index (χ1) is 9.83. The Hall–Kier alpha value is -1.06. The second-order valence-corrected chi connectivity index (χ2v) is 5.81. The minimum Gasteiger partial charge on any atom is -0.494 e. The lowest BCUT2D eigenvalue weighted by Crippen LogP contribution is -2.29. The second-order valence-electron chi connectivity index (χ2n) is 5.81. The van der Waals surface area contributed by atoms with Crippen molar-refractivity contribution in [2.75, 3.05) is 6.61 Å². The van der Waals surface area contributed by atoms with E-state index in [1.165, 1.54) is 44.1 Å². The zero-order chi connectivity index (χ0) is 14.2. The molecule has 0 radical (unpaired) electrons. The van der Waals surface area contributed by atoms with E-state index in [0.29, 0.717) is 6.61 Å². The van der Waals surface area contributed by atoms with Crippen LogP contribution in [-0.4, -0.2) is 6.61 Å². The summed E-state index contributed by atoms with van der Waals surface area (Å²) in [7, 11) is 0. The Balaban J connectivity index is 1.95. The number of ether oxygens (including phenoxy) is 1. The minimum absolute atomic E-state index is 0.258. The van der Waals surface area contributed by atoms with Gasteiger partial charge in [0.1, 0.15) is 5.75 Å². The maximum absolute atomic E-state index is 5.78. The fraction of sp³-hybridized carbons (Fsp3) is 0.647. The molecule has 2 rings (SSSR count). The van der Waals surface area contributed by atoms with E-state index < -0.39 is 0 Å². The molecule has 1 aromatic rings.